The van der Waals surface area contributed by atoms with Gasteiger partial charge in [0.15, 0.2) is 6.29 Å². The standard InChI is InChI=1S/C26H36F4O2/c1-2-3-17-15-31-25(32-16-17)21-10-8-19(9-11-21)18-4-6-20(7-5-18)22-12-13-23(24(27)14-22)26(28,29)30/h12-14,17-21,25H,2-11,15-16H2,1H3. The largest absolute Gasteiger partial charge is 0.419 e. The zero-order valence-corrected chi connectivity index (χ0v) is 19.0. The molecule has 3 aliphatic rings. The summed E-state index contributed by atoms with van der Waals surface area (Å²) in [6.07, 6.45) is 6.41. The van der Waals surface area contributed by atoms with E-state index in [0.29, 0.717) is 29.2 Å². The van der Waals surface area contributed by atoms with E-state index in [1.807, 2.05) is 0 Å². The maximum Gasteiger partial charge on any atom is 0.419 e. The van der Waals surface area contributed by atoms with Crippen LogP contribution in [0.3, 0.4) is 0 Å². The maximum absolute atomic E-state index is 14.0. The van der Waals surface area contributed by atoms with Gasteiger partial charge in [0.05, 0.1) is 18.8 Å². The minimum Gasteiger partial charge on any atom is -0.352 e. The smallest absolute Gasteiger partial charge is 0.352 e. The number of hydrogen-bond donors (Lipinski definition) is 0. The molecular formula is C26H36F4O2. The number of ether oxygens (including phenoxy) is 2. The zero-order valence-electron chi connectivity index (χ0n) is 19.0. The van der Waals surface area contributed by atoms with E-state index in [9.17, 15) is 17.6 Å². The first-order valence-corrected chi connectivity index (χ1v) is 12.4. The quantitative estimate of drug-likeness (QED) is 0.422. The Hall–Kier alpha value is -1.14. The van der Waals surface area contributed by atoms with Crippen molar-refractivity contribution in [2.24, 2.45) is 23.7 Å². The van der Waals surface area contributed by atoms with Gasteiger partial charge in [-0.1, -0.05) is 19.4 Å². The summed E-state index contributed by atoms with van der Waals surface area (Å²) in [6.45, 7) is 3.85. The van der Waals surface area contributed by atoms with Gasteiger partial charge in [-0.2, -0.15) is 13.2 Å². The average molecular weight is 457 g/mol. The first-order valence-electron chi connectivity index (χ1n) is 12.4. The van der Waals surface area contributed by atoms with Gasteiger partial charge in [0.1, 0.15) is 5.82 Å². The van der Waals surface area contributed by atoms with Gasteiger partial charge in [-0.3, -0.25) is 0 Å². The molecule has 1 saturated heterocycles. The molecule has 0 N–H and O–H groups in total. The van der Waals surface area contributed by atoms with Crippen molar-refractivity contribution >= 4 is 0 Å². The molecule has 2 aliphatic carbocycles. The Morgan fingerprint density at radius 1 is 0.844 bits per heavy atom. The Morgan fingerprint density at radius 3 is 1.94 bits per heavy atom. The van der Waals surface area contributed by atoms with Crippen LogP contribution in [0.1, 0.15) is 88.2 Å². The van der Waals surface area contributed by atoms with E-state index in [0.717, 1.165) is 63.9 Å². The molecule has 3 fully saturated rings. The summed E-state index contributed by atoms with van der Waals surface area (Å²) in [4.78, 5) is 0. The minimum absolute atomic E-state index is 0.0330. The molecule has 1 aliphatic heterocycles. The Morgan fingerprint density at radius 2 is 1.41 bits per heavy atom. The third kappa shape index (κ3) is 5.67. The maximum atomic E-state index is 14.0. The second kappa shape index (κ2) is 10.4. The predicted octanol–water partition coefficient (Wildman–Crippen LogP) is 7.71. The van der Waals surface area contributed by atoms with Crippen molar-refractivity contribution in [3.8, 4) is 0 Å². The molecule has 0 aromatic heterocycles. The minimum atomic E-state index is -4.63. The molecule has 0 unspecified atom stereocenters. The molecule has 1 aromatic carbocycles. The van der Waals surface area contributed by atoms with Crippen molar-refractivity contribution in [3.05, 3.63) is 35.1 Å². The second-order valence-electron chi connectivity index (χ2n) is 10.2. The first kappa shape index (κ1) is 24.0. The highest BCUT2D eigenvalue weighted by atomic mass is 19.4. The van der Waals surface area contributed by atoms with Crippen LogP contribution in [0.4, 0.5) is 17.6 Å². The van der Waals surface area contributed by atoms with E-state index < -0.39 is 17.6 Å². The number of hydrogen-bond acceptors (Lipinski definition) is 2. The summed E-state index contributed by atoms with van der Waals surface area (Å²) < 4.78 is 64.5. The average Bonchev–Trinajstić information content (AvgIpc) is 2.79. The molecule has 1 aromatic rings. The highest BCUT2D eigenvalue weighted by Crippen LogP contribution is 2.45. The summed E-state index contributed by atoms with van der Waals surface area (Å²) in [7, 11) is 0. The zero-order chi connectivity index (χ0) is 22.7. The fourth-order valence-electron chi connectivity index (χ4n) is 6.23. The number of rotatable bonds is 5. The lowest BCUT2D eigenvalue weighted by molar-refractivity contribution is -0.230. The lowest BCUT2D eigenvalue weighted by Gasteiger charge is -2.41. The molecule has 0 bridgehead atoms. The van der Waals surface area contributed by atoms with Crippen molar-refractivity contribution in [3.63, 3.8) is 0 Å². The number of halogens is 4. The summed E-state index contributed by atoms with van der Waals surface area (Å²) >= 11 is 0. The molecule has 1 heterocycles. The molecule has 0 spiro atoms. The van der Waals surface area contributed by atoms with Crippen LogP contribution >= 0.6 is 0 Å². The van der Waals surface area contributed by atoms with Crippen LogP contribution in [0.25, 0.3) is 0 Å². The summed E-state index contributed by atoms with van der Waals surface area (Å²) in [5.41, 5.74) is -0.455. The molecule has 4 rings (SSSR count). The molecule has 32 heavy (non-hydrogen) atoms. The van der Waals surface area contributed by atoms with Crippen molar-refractivity contribution in [2.45, 2.75) is 89.5 Å². The van der Waals surface area contributed by atoms with Crippen LogP contribution < -0.4 is 0 Å². The van der Waals surface area contributed by atoms with Crippen LogP contribution in [-0.4, -0.2) is 19.5 Å². The number of benzene rings is 1. The molecule has 6 heteroatoms. The summed E-state index contributed by atoms with van der Waals surface area (Å²) in [5, 5.41) is 0. The van der Waals surface area contributed by atoms with Gasteiger partial charge in [0, 0.05) is 11.8 Å². The van der Waals surface area contributed by atoms with Crippen molar-refractivity contribution < 1.29 is 27.0 Å². The van der Waals surface area contributed by atoms with Crippen molar-refractivity contribution in [2.75, 3.05) is 13.2 Å². The van der Waals surface area contributed by atoms with Crippen LogP contribution in [0.5, 0.6) is 0 Å². The second-order valence-corrected chi connectivity index (χ2v) is 10.2. The predicted molar refractivity (Wildman–Crippen MR) is 116 cm³/mol. The molecule has 180 valence electrons. The normalized spacial score (nSPS) is 34.4. The summed E-state index contributed by atoms with van der Waals surface area (Å²) in [5.74, 6) is 1.45. The molecular weight excluding hydrogens is 420 g/mol. The van der Waals surface area contributed by atoms with Gasteiger partial charge < -0.3 is 9.47 Å². The van der Waals surface area contributed by atoms with Gasteiger partial charge in [-0.15, -0.1) is 0 Å². The topological polar surface area (TPSA) is 18.5 Å². The van der Waals surface area contributed by atoms with E-state index >= 15 is 0 Å². The molecule has 0 atom stereocenters. The SMILES string of the molecule is CCCC1COC(C2CCC(C3CCC(c4ccc(C(F)(F)F)c(F)c4)CC3)CC2)OC1. The highest BCUT2D eigenvalue weighted by Gasteiger charge is 2.37. The first-order chi connectivity index (χ1) is 15.3. The highest BCUT2D eigenvalue weighted by molar-refractivity contribution is 5.29. The lowest BCUT2D eigenvalue weighted by atomic mass is 9.68. The Balaban J connectivity index is 1.22. The fraction of sp³-hybridized carbons (Fsp3) is 0.769. The monoisotopic (exact) mass is 456 g/mol. The molecule has 2 nitrogen and oxygen atoms in total. The lowest BCUT2D eigenvalue weighted by Crippen LogP contribution is -2.39. The fourth-order valence-corrected chi connectivity index (χ4v) is 6.23. The van der Waals surface area contributed by atoms with Gasteiger partial charge >= 0.3 is 6.18 Å². The third-order valence-corrected chi connectivity index (χ3v) is 8.10. The molecule has 0 radical (unpaired) electrons. The Kier molecular flexibility index (Phi) is 7.81. The third-order valence-electron chi connectivity index (χ3n) is 8.10. The Bertz CT molecular complexity index is 726. The van der Waals surface area contributed by atoms with Crippen molar-refractivity contribution in [1.82, 2.24) is 0 Å². The van der Waals surface area contributed by atoms with E-state index in [-0.39, 0.29) is 12.2 Å². The van der Waals surface area contributed by atoms with Gasteiger partial charge in [0.25, 0.3) is 0 Å². The Labute approximate surface area is 189 Å². The summed E-state index contributed by atoms with van der Waals surface area (Å²) in [6, 6.07) is 3.48. The number of alkyl halides is 3. The van der Waals surface area contributed by atoms with Gasteiger partial charge in [0.2, 0.25) is 0 Å². The van der Waals surface area contributed by atoms with E-state index in [1.165, 1.54) is 31.7 Å². The van der Waals surface area contributed by atoms with Crippen LogP contribution in [0.15, 0.2) is 18.2 Å². The van der Waals surface area contributed by atoms with Crippen LogP contribution in [0, 0.1) is 29.5 Å². The van der Waals surface area contributed by atoms with Crippen LogP contribution in [0.2, 0.25) is 0 Å². The van der Waals surface area contributed by atoms with Gasteiger partial charge in [-0.25, -0.2) is 4.39 Å². The van der Waals surface area contributed by atoms with E-state index in [1.54, 1.807) is 0 Å². The van der Waals surface area contributed by atoms with E-state index in [2.05, 4.69) is 6.92 Å². The molecule has 0 amide bonds. The van der Waals surface area contributed by atoms with Crippen LogP contribution in [-0.2, 0) is 15.7 Å². The van der Waals surface area contributed by atoms with Crippen molar-refractivity contribution in [1.29, 1.82) is 0 Å². The van der Waals surface area contributed by atoms with E-state index in [4.69, 9.17) is 9.47 Å². The molecule has 2 saturated carbocycles. The van der Waals surface area contributed by atoms with Gasteiger partial charge in [-0.05, 0) is 93.2 Å².